The van der Waals surface area contributed by atoms with Crippen molar-refractivity contribution in [3.63, 3.8) is 0 Å². The van der Waals surface area contributed by atoms with Crippen molar-refractivity contribution in [3.8, 4) is 17.2 Å². The molecular weight excluding hydrogens is 476 g/mol. The molecule has 36 heavy (non-hydrogen) atoms. The number of para-hydroxylation sites is 2. The number of hydrogen-bond donors (Lipinski definition) is 1. The SMILES string of the molecule is COc1cccc(N(C(=O)C2COc3ccccc3O2)C(C(=O)NC2CCCCC2)c2cccs2)c1. The lowest BCUT2D eigenvalue weighted by atomic mass is 9.95. The molecule has 0 bridgehead atoms. The van der Waals surface area contributed by atoms with E-state index in [1.165, 1.54) is 22.7 Å². The quantitative estimate of drug-likeness (QED) is 0.481. The summed E-state index contributed by atoms with van der Waals surface area (Å²) in [6.45, 7) is 0.0533. The molecule has 0 radical (unpaired) electrons. The maximum absolute atomic E-state index is 14.1. The number of carbonyl (C=O) groups excluding carboxylic acids is 2. The van der Waals surface area contributed by atoms with Gasteiger partial charge in [0, 0.05) is 22.7 Å². The molecule has 1 aliphatic heterocycles. The number of thiophene rings is 1. The summed E-state index contributed by atoms with van der Waals surface area (Å²) in [6.07, 6.45) is 4.38. The van der Waals surface area contributed by atoms with Gasteiger partial charge in [-0.1, -0.05) is 43.5 Å². The molecule has 2 aliphatic rings. The van der Waals surface area contributed by atoms with Crippen molar-refractivity contribution in [2.24, 2.45) is 0 Å². The van der Waals surface area contributed by atoms with Crippen molar-refractivity contribution in [1.29, 1.82) is 0 Å². The fraction of sp³-hybridized carbons (Fsp3) is 0.357. The molecule has 2 heterocycles. The summed E-state index contributed by atoms with van der Waals surface area (Å²) in [7, 11) is 1.58. The van der Waals surface area contributed by atoms with Crippen LogP contribution in [-0.4, -0.2) is 37.7 Å². The van der Waals surface area contributed by atoms with Gasteiger partial charge in [0.25, 0.3) is 5.91 Å². The third-order valence-corrected chi connectivity index (χ3v) is 7.55. The lowest BCUT2D eigenvalue weighted by molar-refractivity contribution is -0.132. The average Bonchev–Trinajstić information content (AvgIpc) is 3.46. The number of amides is 2. The summed E-state index contributed by atoms with van der Waals surface area (Å²) in [5.74, 6) is 1.15. The zero-order valence-electron chi connectivity index (χ0n) is 20.2. The van der Waals surface area contributed by atoms with E-state index in [1.807, 2.05) is 53.9 Å². The van der Waals surface area contributed by atoms with Gasteiger partial charge in [-0.2, -0.15) is 0 Å². The Balaban J connectivity index is 1.52. The van der Waals surface area contributed by atoms with E-state index in [0.29, 0.717) is 22.9 Å². The molecule has 1 fully saturated rings. The van der Waals surface area contributed by atoms with E-state index in [0.717, 1.165) is 30.6 Å². The van der Waals surface area contributed by atoms with Gasteiger partial charge in [-0.15, -0.1) is 11.3 Å². The van der Waals surface area contributed by atoms with Crippen LogP contribution < -0.4 is 24.4 Å². The van der Waals surface area contributed by atoms with Crippen LogP contribution in [0.1, 0.15) is 43.0 Å². The number of nitrogens with one attached hydrogen (secondary N) is 1. The van der Waals surface area contributed by atoms with E-state index in [-0.39, 0.29) is 24.5 Å². The minimum atomic E-state index is -0.906. The Labute approximate surface area is 215 Å². The molecule has 3 aromatic rings. The second-order valence-corrected chi connectivity index (χ2v) is 10.0. The zero-order valence-corrected chi connectivity index (χ0v) is 21.0. The number of rotatable bonds is 7. The maximum atomic E-state index is 14.1. The number of methoxy groups -OCH3 is 1. The van der Waals surface area contributed by atoms with E-state index in [2.05, 4.69) is 5.32 Å². The molecule has 1 N–H and O–H groups in total. The number of ether oxygens (including phenoxy) is 3. The number of carbonyl (C=O) groups is 2. The third-order valence-electron chi connectivity index (χ3n) is 6.62. The predicted octanol–water partition coefficient (Wildman–Crippen LogP) is 5.12. The highest BCUT2D eigenvalue weighted by molar-refractivity contribution is 7.10. The van der Waals surface area contributed by atoms with Crippen LogP contribution in [0.4, 0.5) is 5.69 Å². The van der Waals surface area contributed by atoms with Gasteiger partial charge >= 0.3 is 0 Å². The maximum Gasteiger partial charge on any atom is 0.272 e. The van der Waals surface area contributed by atoms with Crippen molar-refractivity contribution >= 4 is 28.8 Å². The van der Waals surface area contributed by atoms with Crippen LogP contribution >= 0.6 is 11.3 Å². The van der Waals surface area contributed by atoms with Crippen molar-refractivity contribution in [3.05, 3.63) is 70.9 Å². The van der Waals surface area contributed by atoms with Gasteiger partial charge in [0.2, 0.25) is 12.0 Å². The van der Waals surface area contributed by atoms with Crippen molar-refractivity contribution in [2.45, 2.75) is 50.3 Å². The monoisotopic (exact) mass is 506 g/mol. The number of fused-ring (bicyclic) bond motifs is 1. The Morgan fingerprint density at radius 1 is 1.03 bits per heavy atom. The van der Waals surface area contributed by atoms with E-state index >= 15 is 0 Å². The van der Waals surface area contributed by atoms with Crippen LogP contribution in [0.5, 0.6) is 17.2 Å². The minimum Gasteiger partial charge on any atom is -0.497 e. The van der Waals surface area contributed by atoms with E-state index in [9.17, 15) is 9.59 Å². The number of anilines is 1. The first-order chi connectivity index (χ1) is 17.6. The molecule has 1 saturated carbocycles. The summed E-state index contributed by atoms with van der Waals surface area (Å²) >= 11 is 1.45. The predicted molar refractivity (Wildman–Crippen MR) is 139 cm³/mol. The van der Waals surface area contributed by atoms with Crippen LogP contribution in [-0.2, 0) is 9.59 Å². The lowest BCUT2D eigenvalue weighted by Gasteiger charge is -2.36. The first-order valence-electron chi connectivity index (χ1n) is 12.3. The second kappa shape index (κ2) is 11.0. The van der Waals surface area contributed by atoms with E-state index in [4.69, 9.17) is 14.2 Å². The van der Waals surface area contributed by atoms with Crippen molar-refractivity contribution in [1.82, 2.24) is 5.32 Å². The van der Waals surface area contributed by atoms with Gasteiger partial charge in [0.05, 0.1) is 7.11 Å². The highest BCUT2D eigenvalue weighted by Crippen LogP contribution is 2.36. The molecule has 7 nitrogen and oxygen atoms in total. The van der Waals surface area contributed by atoms with Gasteiger partial charge in [-0.05, 0) is 48.6 Å². The second-order valence-electron chi connectivity index (χ2n) is 9.04. The Bertz CT molecular complexity index is 1190. The molecule has 188 valence electrons. The fourth-order valence-corrected chi connectivity index (χ4v) is 5.62. The standard InChI is InChI=1S/C28H30N2O5S/c1-33-21-12-7-11-20(17-21)30(28(32)24-18-34-22-13-5-6-14-23(22)35-24)26(25-15-8-16-36-25)27(31)29-19-9-3-2-4-10-19/h5-8,11-17,19,24,26H,2-4,9-10,18H2,1H3,(H,29,31). The van der Waals surface area contributed by atoms with E-state index in [1.54, 1.807) is 19.2 Å². The molecule has 0 spiro atoms. The molecule has 2 amide bonds. The summed E-state index contributed by atoms with van der Waals surface area (Å²) in [5.41, 5.74) is 0.555. The zero-order chi connectivity index (χ0) is 24.9. The molecule has 2 atom stereocenters. The van der Waals surface area contributed by atoms with Crippen LogP contribution in [0, 0.1) is 0 Å². The van der Waals surface area contributed by atoms with Gasteiger partial charge in [-0.3, -0.25) is 14.5 Å². The normalized spacial score (nSPS) is 18.2. The molecule has 1 aromatic heterocycles. The number of nitrogens with zero attached hydrogens (tertiary/aromatic N) is 1. The van der Waals surface area contributed by atoms with Crippen LogP contribution in [0.15, 0.2) is 66.0 Å². The molecule has 2 aromatic carbocycles. The Kier molecular flexibility index (Phi) is 7.41. The Hall–Kier alpha value is -3.52. The van der Waals surface area contributed by atoms with Gasteiger partial charge in [-0.25, -0.2) is 0 Å². The van der Waals surface area contributed by atoms with Crippen LogP contribution in [0.25, 0.3) is 0 Å². The number of hydrogen-bond acceptors (Lipinski definition) is 6. The average molecular weight is 507 g/mol. The molecule has 0 saturated heterocycles. The van der Waals surface area contributed by atoms with Gasteiger partial charge in [0.15, 0.2) is 11.5 Å². The summed E-state index contributed by atoms with van der Waals surface area (Å²) < 4.78 is 17.4. The smallest absolute Gasteiger partial charge is 0.272 e. The molecule has 1 aliphatic carbocycles. The highest BCUT2D eigenvalue weighted by Gasteiger charge is 2.40. The minimum absolute atomic E-state index is 0.0533. The fourth-order valence-electron chi connectivity index (χ4n) is 4.81. The molecule has 5 rings (SSSR count). The Morgan fingerprint density at radius 2 is 1.83 bits per heavy atom. The summed E-state index contributed by atoms with van der Waals surface area (Å²) in [4.78, 5) is 30.3. The van der Waals surface area contributed by atoms with E-state index < -0.39 is 12.1 Å². The third kappa shape index (κ3) is 5.18. The Morgan fingerprint density at radius 3 is 2.58 bits per heavy atom. The topological polar surface area (TPSA) is 77.1 Å². The summed E-state index contributed by atoms with van der Waals surface area (Å²) in [6, 6.07) is 17.5. The van der Waals surface area contributed by atoms with Crippen LogP contribution in [0.3, 0.4) is 0 Å². The highest BCUT2D eigenvalue weighted by atomic mass is 32.1. The number of benzene rings is 2. The van der Waals surface area contributed by atoms with Crippen LogP contribution in [0.2, 0.25) is 0 Å². The van der Waals surface area contributed by atoms with Crippen molar-refractivity contribution in [2.75, 3.05) is 18.6 Å². The molecular formula is C28H30N2O5S. The molecule has 2 unspecified atom stereocenters. The molecule has 8 heteroatoms. The summed E-state index contributed by atoms with van der Waals surface area (Å²) in [5, 5.41) is 5.15. The van der Waals surface area contributed by atoms with Gasteiger partial charge < -0.3 is 19.5 Å². The first-order valence-corrected chi connectivity index (χ1v) is 13.2. The van der Waals surface area contributed by atoms with Crippen molar-refractivity contribution < 1.29 is 23.8 Å². The lowest BCUT2D eigenvalue weighted by Crippen LogP contribution is -2.52. The van der Waals surface area contributed by atoms with Gasteiger partial charge in [0.1, 0.15) is 18.4 Å². The largest absolute Gasteiger partial charge is 0.497 e. The first kappa shape index (κ1) is 24.2.